The molecule has 1 unspecified atom stereocenters. The van der Waals surface area contributed by atoms with E-state index in [1.54, 1.807) is 5.51 Å². The minimum absolute atomic E-state index is 0.369. The van der Waals surface area contributed by atoms with Crippen molar-refractivity contribution in [3.05, 3.63) is 5.51 Å². The van der Waals surface area contributed by atoms with E-state index in [4.69, 9.17) is 4.74 Å². The normalized spacial score (nSPS) is 22.8. The van der Waals surface area contributed by atoms with Crippen molar-refractivity contribution < 1.29 is 4.74 Å². The third kappa shape index (κ3) is 1.92. The molecule has 2 rings (SSSR count). The van der Waals surface area contributed by atoms with Crippen molar-refractivity contribution in [1.29, 1.82) is 0 Å². The fraction of sp³-hybridized carbons (Fsp3) is 0.714. The van der Waals surface area contributed by atoms with Crippen LogP contribution in [-0.4, -0.2) is 29.5 Å². The molecule has 1 aromatic rings. The van der Waals surface area contributed by atoms with Crippen LogP contribution >= 0.6 is 11.3 Å². The highest BCUT2D eigenvalue weighted by Gasteiger charge is 2.14. The molecular formula is C7H11N3OS. The molecule has 0 aromatic carbocycles. The third-order valence-corrected chi connectivity index (χ3v) is 2.51. The molecule has 2 heterocycles. The van der Waals surface area contributed by atoms with Crippen LogP contribution in [0.15, 0.2) is 5.51 Å². The Balaban J connectivity index is 1.74. The standard InChI is InChI=1S/C7H11N3OS/c1-2-6(11-3-1)4-8-7-10-9-5-12-7/h5-6H,1-4H2,(H,8,10). The first-order valence-corrected chi connectivity index (χ1v) is 4.95. The van der Waals surface area contributed by atoms with Crippen molar-refractivity contribution in [2.24, 2.45) is 0 Å². The van der Waals surface area contributed by atoms with Crippen molar-refractivity contribution in [2.75, 3.05) is 18.5 Å². The van der Waals surface area contributed by atoms with E-state index in [0.29, 0.717) is 6.10 Å². The number of hydrogen-bond donors (Lipinski definition) is 1. The second-order valence-electron chi connectivity index (χ2n) is 2.76. The summed E-state index contributed by atoms with van der Waals surface area (Å²) in [6, 6.07) is 0. The second-order valence-corrected chi connectivity index (χ2v) is 3.59. The number of nitrogens with one attached hydrogen (secondary N) is 1. The highest BCUT2D eigenvalue weighted by Crippen LogP contribution is 2.14. The number of anilines is 1. The van der Waals surface area contributed by atoms with Crippen LogP contribution in [0.5, 0.6) is 0 Å². The van der Waals surface area contributed by atoms with Crippen LogP contribution in [0, 0.1) is 0 Å². The highest BCUT2D eigenvalue weighted by molar-refractivity contribution is 7.13. The molecule has 1 aliphatic heterocycles. The zero-order chi connectivity index (χ0) is 8.23. The van der Waals surface area contributed by atoms with E-state index < -0.39 is 0 Å². The molecule has 1 aromatic heterocycles. The second kappa shape index (κ2) is 3.82. The van der Waals surface area contributed by atoms with Crippen LogP contribution in [-0.2, 0) is 4.74 Å². The van der Waals surface area contributed by atoms with Gasteiger partial charge in [-0.2, -0.15) is 0 Å². The van der Waals surface area contributed by atoms with Gasteiger partial charge in [0.2, 0.25) is 5.13 Å². The molecule has 0 amide bonds. The predicted molar refractivity (Wildman–Crippen MR) is 47.4 cm³/mol. The van der Waals surface area contributed by atoms with Gasteiger partial charge in [0, 0.05) is 13.2 Å². The zero-order valence-corrected chi connectivity index (χ0v) is 7.51. The molecule has 1 N–H and O–H groups in total. The first-order chi connectivity index (χ1) is 5.95. The van der Waals surface area contributed by atoms with Crippen molar-refractivity contribution >= 4 is 16.5 Å². The summed E-state index contributed by atoms with van der Waals surface area (Å²) < 4.78 is 5.45. The number of hydrogen-bond acceptors (Lipinski definition) is 5. The predicted octanol–water partition coefficient (Wildman–Crippen LogP) is 1.13. The van der Waals surface area contributed by atoms with Crippen LogP contribution in [0.1, 0.15) is 12.8 Å². The van der Waals surface area contributed by atoms with Crippen LogP contribution in [0.25, 0.3) is 0 Å². The first kappa shape index (κ1) is 7.94. The largest absolute Gasteiger partial charge is 0.376 e. The Kier molecular flexibility index (Phi) is 2.53. The summed E-state index contributed by atoms with van der Waals surface area (Å²) in [5.74, 6) is 0. The lowest BCUT2D eigenvalue weighted by molar-refractivity contribution is 0.120. The van der Waals surface area contributed by atoms with Gasteiger partial charge in [0.1, 0.15) is 5.51 Å². The van der Waals surface area contributed by atoms with Gasteiger partial charge in [0.15, 0.2) is 0 Å². The fourth-order valence-corrected chi connectivity index (χ4v) is 1.71. The minimum atomic E-state index is 0.369. The Morgan fingerprint density at radius 1 is 1.75 bits per heavy atom. The molecule has 0 radical (unpaired) electrons. The first-order valence-electron chi connectivity index (χ1n) is 4.07. The molecule has 1 saturated heterocycles. The summed E-state index contributed by atoms with van der Waals surface area (Å²) in [7, 11) is 0. The summed E-state index contributed by atoms with van der Waals surface area (Å²) in [4.78, 5) is 0. The minimum Gasteiger partial charge on any atom is -0.376 e. The van der Waals surface area contributed by atoms with Crippen LogP contribution in [0.4, 0.5) is 5.13 Å². The highest BCUT2D eigenvalue weighted by atomic mass is 32.1. The quantitative estimate of drug-likeness (QED) is 0.766. The molecule has 0 bridgehead atoms. The summed E-state index contributed by atoms with van der Waals surface area (Å²) in [5.41, 5.74) is 1.72. The van der Waals surface area contributed by atoms with Gasteiger partial charge in [-0.05, 0) is 12.8 Å². The molecule has 1 aliphatic rings. The topological polar surface area (TPSA) is 47.0 Å². The number of nitrogens with zero attached hydrogens (tertiary/aromatic N) is 2. The molecule has 1 atom stereocenters. The Labute approximate surface area is 75.0 Å². The molecule has 66 valence electrons. The van der Waals surface area contributed by atoms with E-state index in [9.17, 15) is 0 Å². The number of aromatic nitrogens is 2. The monoisotopic (exact) mass is 185 g/mol. The number of ether oxygens (including phenoxy) is 1. The van der Waals surface area contributed by atoms with Crippen molar-refractivity contribution in [1.82, 2.24) is 10.2 Å². The molecule has 0 saturated carbocycles. The SMILES string of the molecule is c1nnc(NCC2CCCO2)s1. The lowest BCUT2D eigenvalue weighted by Crippen LogP contribution is -2.18. The fourth-order valence-electron chi connectivity index (χ4n) is 1.26. The lowest BCUT2D eigenvalue weighted by Gasteiger charge is -2.08. The van der Waals surface area contributed by atoms with E-state index in [1.807, 2.05) is 0 Å². The van der Waals surface area contributed by atoms with Gasteiger partial charge in [-0.25, -0.2) is 0 Å². The average Bonchev–Trinajstić information content (AvgIpc) is 2.74. The molecule has 5 heteroatoms. The summed E-state index contributed by atoms with van der Waals surface area (Å²) in [6.07, 6.45) is 2.71. The maximum absolute atomic E-state index is 5.45. The number of rotatable bonds is 3. The van der Waals surface area contributed by atoms with Crippen LogP contribution in [0.2, 0.25) is 0 Å². The van der Waals surface area contributed by atoms with E-state index in [0.717, 1.165) is 24.7 Å². The molecular weight excluding hydrogens is 174 g/mol. The van der Waals surface area contributed by atoms with E-state index in [2.05, 4.69) is 15.5 Å². The van der Waals surface area contributed by atoms with Crippen LogP contribution < -0.4 is 5.32 Å². The average molecular weight is 185 g/mol. The van der Waals surface area contributed by atoms with Gasteiger partial charge in [0.05, 0.1) is 6.10 Å². The zero-order valence-electron chi connectivity index (χ0n) is 6.69. The summed E-state index contributed by atoms with van der Waals surface area (Å²) in [5, 5.41) is 11.7. The van der Waals surface area contributed by atoms with Gasteiger partial charge >= 0.3 is 0 Å². The smallest absolute Gasteiger partial charge is 0.205 e. The molecule has 12 heavy (non-hydrogen) atoms. The van der Waals surface area contributed by atoms with Crippen molar-refractivity contribution in [3.8, 4) is 0 Å². The third-order valence-electron chi connectivity index (χ3n) is 1.86. The van der Waals surface area contributed by atoms with Gasteiger partial charge in [-0.3, -0.25) is 0 Å². The molecule has 1 fully saturated rings. The summed E-state index contributed by atoms with van der Waals surface area (Å²) in [6.45, 7) is 1.76. The maximum atomic E-state index is 5.45. The van der Waals surface area contributed by atoms with Gasteiger partial charge in [-0.15, -0.1) is 10.2 Å². The Bertz CT molecular complexity index is 221. The molecule has 4 nitrogen and oxygen atoms in total. The van der Waals surface area contributed by atoms with E-state index in [-0.39, 0.29) is 0 Å². The van der Waals surface area contributed by atoms with Gasteiger partial charge < -0.3 is 10.1 Å². The Morgan fingerprint density at radius 2 is 2.75 bits per heavy atom. The maximum Gasteiger partial charge on any atom is 0.205 e. The molecule has 0 aliphatic carbocycles. The molecule has 0 spiro atoms. The summed E-state index contributed by atoms with van der Waals surface area (Å²) >= 11 is 1.52. The van der Waals surface area contributed by atoms with Crippen LogP contribution in [0.3, 0.4) is 0 Å². The van der Waals surface area contributed by atoms with E-state index >= 15 is 0 Å². The Hall–Kier alpha value is -0.680. The lowest BCUT2D eigenvalue weighted by atomic mass is 10.2. The Morgan fingerprint density at radius 3 is 3.42 bits per heavy atom. The van der Waals surface area contributed by atoms with Crippen molar-refractivity contribution in [2.45, 2.75) is 18.9 Å². The van der Waals surface area contributed by atoms with Gasteiger partial charge in [-0.1, -0.05) is 11.3 Å². The van der Waals surface area contributed by atoms with Gasteiger partial charge in [0.25, 0.3) is 0 Å². The van der Waals surface area contributed by atoms with Crippen molar-refractivity contribution in [3.63, 3.8) is 0 Å². The van der Waals surface area contributed by atoms with E-state index in [1.165, 1.54) is 17.8 Å².